The van der Waals surface area contributed by atoms with Crippen LogP contribution < -0.4 is 10.6 Å². The number of carboxylic acid groups (broad SMARTS) is 1. The highest BCUT2D eigenvalue weighted by Crippen LogP contribution is 2.08. The van der Waals surface area contributed by atoms with Crippen LogP contribution in [0.15, 0.2) is 36.4 Å². The lowest BCUT2D eigenvalue weighted by Gasteiger charge is -2.05. The van der Waals surface area contributed by atoms with Crippen molar-refractivity contribution in [1.29, 1.82) is 0 Å². The summed E-state index contributed by atoms with van der Waals surface area (Å²) in [5.74, 6) is -1.04. The number of amides is 2. The Kier molecular flexibility index (Phi) is 5.73. The molecule has 0 aromatic heterocycles. The third-order valence-electron chi connectivity index (χ3n) is 2.01. The minimum atomic E-state index is -1.04. The van der Waals surface area contributed by atoms with E-state index in [-0.39, 0.29) is 12.6 Å². The van der Waals surface area contributed by atoms with Gasteiger partial charge in [-0.3, -0.25) is 0 Å². The van der Waals surface area contributed by atoms with E-state index < -0.39 is 5.97 Å². The normalized spacial score (nSPS) is 10.3. The largest absolute Gasteiger partial charge is 0.478 e. The number of halogens is 1. The molecule has 3 N–H and O–H groups in total. The van der Waals surface area contributed by atoms with E-state index in [2.05, 4.69) is 10.6 Å². The van der Waals surface area contributed by atoms with Crippen molar-refractivity contribution < 1.29 is 14.7 Å². The fourth-order valence-electron chi connectivity index (χ4n) is 1.16. The van der Waals surface area contributed by atoms with Gasteiger partial charge in [-0.25, -0.2) is 9.59 Å². The number of carboxylic acids is 1. The van der Waals surface area contributed by atoms with E-state index in [1.54, 1.807) is 12.1 Å². The second kappa shape index (κ2) is 7.34. The number of rotatable bonds is 5. The first kappa shape index (κ1) is 14.1. The van der Waals surface area contributed by atoms with Crippen molar-refractivity contribution in [1.82, 2.24) is 10.6 Å². The predicted octanol–water partition coefficient (Wildman–Crippen LogP) is 1.78. The van der Waals surface area contributed by atoms with E-state index in [9.17, 15) is 9.59 Å². The van der Waals surface area contributed by atoms with Gasteiger partial charge in [-0.1, -0.05) is 29.8 Å². The molecule has 96 valence electrons. The molecule has 0 unspecified atom stereocenters. The number of urea groups is 1. The summed E-state index contributed by atoms with van der Waals surface area (Å²) in [4.78, 5) is 21.5. The highest BCUT2D eigenvalue weighted by molar-refractivity contribution is 6.30. The molecule has 0 aliphatic heterocycles. The van der Waals surface area contributed by atoms with Gasteiger partial charge >= 0.3 is 12.0 Å². The average Bonchev–Trinajstić information content (AvgIpc) is 2.34. The van der Waals surface area contributed by atoms with Gasteiger partial charge in [0.1, 0.15) is 0 Å². The lowest BCUT2D eigenvalue weighted by molar-refractivity contribution is -0.131. The van der Waals surface area contributed by atoms with E-state index in [0.717, 1.165) is 11.6 Å². The summed E-state index contributed by atoms with van der Waals surface area (Å²) in [7, 11) is 0. The van der Waals surface area contributed by atoms with Crippen molar-refractivity contribution in [2.24, 2.45) is 0 Å². The number of nitrogens with one attached hydrogen (secondary N) is 2. The van der Waals surface area contributed by atoms with Crippen LogP contribution in [0.2, 0.25) is 5.02 Å². The summed E-state index contributed by atoms with van der Waals surface area (Å²) >= 11 is 5.73. The first-order valence-electron chi connectivity index (χ1n) is 5.23. The van der Waals surface area contributed by atoms with Crippen molar-refractivity contribution in [3.05, 3.63) is 47.0 Å². The van der Waals surface area contributed by atoms with E-state index >= 15 is 0 Å². The maximum absolute atomic E-state index is 11.3. The van der Waals surface area contributed by atoms with Crippen LogP contribution in [-0.2, 0) is 11.3 Å². The summed E-state index contributed by atoms with van der Waals surface area (Å²) in [5.41, 5.74) is 0.927. The van der Waals surface area contributed by atoms with Crippen molar-refractivity contribution in [3.8, 4) is 0 Å². The summed E-state index contributed by atoms with van der Waals surface area (Å²) in [6.07, 6.45) is 2.32. The van der Waals surface area contributed by atoms with E-state index in [1.807, 2.05) is 12.1 Å². The van der Waals surface area contributed by atoms with Crippen LogP contribution in [0.3, 0.4) is 0 Å². The SMILES string of the molecule is O=C(O)/C=C/CNC(=O)NCc1ccc(Cl)cc1. The molecule has 0 aliphatic carbocycles. The molecule has 0 radical (unpaired) electrons. The third-order valence-corrected chi connectivity index (χ3v) is 2.26. The third kappa shape index (κ3) is 5.91. The van der Waals surface area contributed by atoms with E-state index in [4.69, 9.17) is 16.7 Å². The van der Waals surface area contributed by atoms with Crippen molar-refractivity contribution >= 4 is 23.6 Å². The molecule has 0 aliphatic rings. The van der Waals surface area contributed by atoms with Gasteiger partial charge in [0.15, 0.2) is 0 Å². The Morgan fingerprint density at radius 3 is 2.50 bits per heavy atom. The first-order chi connectivity index (χ1) is 8.58. The van der Waals surface area contributed by atoms with Crippen LogP contribution in [0, 0.1) is 0 Å². The second-order valence-electron chi connectivity index (χ2n) is 3.43. The highest BCUT2D eigenvalue weighted by Gasteiger charge is 1.98. The van der Waals surface area contributed by atoms with Crippen LogP contribution in [0.5, 0.6) is 0 Å². The summed E-state index contributed by atoms with van der Waals surface area (Å²) in [6.45, 7) is 0.546. The van der Waals surface area contributed by atoms with Crippen LogP contribution in [0.4, 0.5) is 4.79 Å². The molecule has 0 bridgehead atoms. The van der Waals surface area contributed by atoms with E-state index in [0.29, 0.717) is 11.6 Å². The number of aliphatic carboxylic acids is 1. The van der Waals surface area contributed by atoms with Crippen LogP contribution in [-0.4, -0.2) is 23.7 Å². The highest BCUT2D eigenvalue weighted by atomic mass is 35.5. The Morgan fingerprint density at radius 1 is 1.22 bits per heavy atom. The molecule has 0 atom stereocenters. The molecule has 0 spiro atoms. The Balaban J connectivity index is 2.25. The molecule has 5 nitrogen and oxygen atoms in total. The molecular formula is C12H13ClN2O3. The fraction of sp³-hybridized carbons (Fsp3) is 0.167. The zero-order valence-corrected chi connectivity index (χ0v) is 10.3. The van der Waals surface area contributed by atoms with Crippen molar-refractivity contribution in [3.63, 3.8) is 0 Å². The Hall–Kier alpha value is -2.01. The zero-order chi connectivity index (χ0) is 13.4. The lowest BCUT2D eigenvalue weighted by atomic mass is 10.2. The maximum Gasteiger partial charge on any atom is 0.328 e. The Bertz CT molecular complexity index is 443. The van der Waals surface area contributed by atoms with E-state index in [1.165, 1.54) is 6.08 Å². The molecule has 1 aromatic rings. The molecule has 0 saturated heterocycles. The monoisotopic (exact) mass is 268 g/mol. The standard InChI is InChI=1S/C12H13ClN2O3/c13-10-5-3-9(4-6-10)8-15-12(18)14-7-1-2-11(16)17/h1-6H,7-8H2,(H,16,17)(H2,14,15,18)/b2-1+. The minimum absolute atomic E-state index is 0.165. The van der Waals surface area contributed by atoms with Crippen LogP contribution in [0.1, 0.15) is 5.56 Å². The predicted molar refractivity (Wildman–Crippen MR) is 68.5 cm³/mol. The molecule has 0 fully saturated rings. The smallest absolute Gasteiger partial charge is 0.328 e. The van der Waals surface area contributed by atoms with Gasteiger partial charge in [0.2, 0.25) is 0 Å². The number of benzene rings is 1. The summed E-state index contributed by atoms with van der Waals surface area (Å²) < 4.78 is 0. The number of hydrogen-bond acceptors (Lipinski definition) is 2. The lowest BCUT2D eigenvalue weighted by Crippen LogP contribution is -2.35. The number of carbonyl (C=O) groups excluding carboxylic acids is 1. The molecule has 0 heterocycles. The molecule has 0 saturated carbocycles. The van der Waals surface area contributed by atoms with Crippen LogP contribution >= 0.6 is 11.6 Å². The maximum atomic E-state index is 11.3. The van der Waals surface area contributed by atoms with Crippen molar-refractivity contribution in [2.45, 2.75) is 6.54 Å². The number of hydrogen-bond donors (Lipinski definition) is 3. The fourth-order valence-corrected chi connectivity index (χ4v) is 1.28. The number of carbonyl (C=O) groups is 2. The van der Waals surface area contributed by atoms with Gasteiger partial charge in [-0.15, -0.1) is 0 Å². The van der Waals surface area contributed by atoms with Crippen LogP contribution in [0.25, 0.3) is 0 Å². The summed E-state index contributed by atoms with van der Waals surface area (Å²) in [5, 5.41) is 14.1. The van der Waals surface area contributed by atoms with Gasteiger partial charge in [-0.05, 0) is 17.7 Å². The topological polar surface area (TPSA) is 78.4 Å². The minimum Gasteiger partial charge on any atom is -0.478 e. The molecular weight excluding hydrogens is 256 g/mol. The molecule has 6 heteroatoms. The zero-order valence-electron chi connectivity index (χ0n) is 9.52. The molecule has 1 aromatic carbocycles. The van der Waals surface area contributed by atoms with Gasteiger partial charge in [0, 0.05) is 24.2 Å². The van der Waals surface area contributed by atoms with Gasteiger partial charge in [0.05, 0.1) is 0 Å². The first-order valence-corrected chi connectivity index (χ1v) is 5.61. The Morgan fingerprint density at radius 2 is 1.89 bits per heavy atom. The average molecular weight is 269 g/mol. The second-order valence-corrected chi connectivity index (χ2v) is 3.87. The molecule has 1 rings (SSSR count). The van der Waals surface area contributed by atoms with Crippen molar-refractivity contribution in [2.75, 3.05) is 6.54 Å². The van der Waals surface area contributed by atoms with Gasteiger partial charge in [0.25, 0.3) is 0 Å². The molecule has 2 amide bonds. The molecule has 18 heavy (non-hydrogen) atoms. The quantitative estimate of drug-likeness (QED) is 0.712. The van der Waals surface area contributed by atoms with Gasteiger partial charge in [-0.2, -0.15) is 0 Å². The van der Waals surface area contributed by atoms with Gasteiger partial charge < -0.3 is 15.7 Å². The summed E-state index contributed by atoms with van der Waals surface area (Å²) in [6, 6.07) is 6.75. The Labute approximate surface area is 109 Å².